The first-order chi connectivity index (χ1) is 16.0. The predicted octanol–water partition coefficient (Wildman–Crippen LogP) is 5.01. The Bertz CT molecular complexity index is 1470. The third-order valence-corrected chi connectivity index (χ3v) is 8.60. The molecule has 1 aromatic carbocycles. The van der Waals surface area contributed by atoms with Crippen molar-refractivity contribution in [2.75, 3.05) is 18.8 Å². The van der Waals surface area contributed by atoms with Crippen molar-refractivity contribution in [3.63, 3.8) is 0 Å². The van der Waals surface area contributed by atoms with Crippen LogP contribution in [0.3, 0.4) is 0 Å². The van der Waals surface area contributed by atoms with Gasteiger partial charge in [-0.3, -0.25) is 4.79 Å². The predicted molar refractivity (Wildman–Crippen MR) is 132 cm³/mol. The van der Waals surface area contributed by atoms with Gasteiger partial charge in [-0.25, -0.2) is 13.4 Å². The molecule has 8 heteroatoms. The van der Waals surface area contributed by atoms with Gasteiger partial charge in [0.15, 0.2) is 9.84 Å². The van der Waals surface area contributed by atoms with Gasteiger partial charge in [-0.05, 0) is 47.2 Å². The zero-order valence-corrected chi connectivity index (χ0v) is 19.7. The van der Waals surface area contributed by atoms with Crippen LogP contribution in [0.25, 0.3) is 27.7 Å². The van der Waals surface area contributed by atoms with Gasteiger partial charge in [-0.2, -0.15) is 0 Å². The van der Waals surface area contributed by atoms with E-state index in [4.69, 9.17) is 0 Å². The van der Waals surface area contributed by atoms with Crippen LogP contribution in [-0.2, 0) is 9.84 Å². The van der Waals surface area contributed by atoms with Crippen molar-refractivity contribution in [1.29, 1.82) is 0 Å². The second-order valence-electron chi connectivity index (χ2n) is 7.96. The molecular formula is C25H23N3O3S2. The molecule has 0 saturated carbocycles. The smallest absolute Gasteiger partial charge is 0.264 e. The van der Waals surface area contributed by atoms with E-state index in [2.05, 4.69) is 22.1 Å². The summed E-state index contributed by atoms with van der Waals surface area (Å²) >= 11 is 1.47. The highest BCUT2D eigenvalue weighted by atomic mass is 32.2. The molecule has 6 nitrogen and oxygen atoms in total. The molecule has 0 spiro atoms. The van der Waals surface area contributed by atoms with Crippen molar-refractivity contribution in [2.24, 2.45) is 0 Å². The molecule has 0 saturated heterocycles. The Morgan fingerprint density at radius 2 is 2.06 bits per heavy atom. The van der Waals surface area contributed by atoms with Crippen LogP contribution in [0, 0.1) is 0 Å². The number of carbonyl (C=O) groups is 1. The quantitative estimate of drug-likeness (QED) is 0.438. The van der Waals surface area contributed by atoms with Crippen LogP contribution in [0.5, 0.6) is 0 Å². The molecule has 1 aliphatic heterocycles. The number of hydrogen-bond donors (Lipinski definition) is 1. The Hall–Kier alpha value is -3.23. The van der Waals surface area contributed by atoms with Gasteiger partial charge in [0, 0.05) is 42.0 Å². The first-order valence-electron chi connectivity index (χ1n) is 10.8. The van der Waals surface area contributed by atoms with Gasteiger partial charge in [-0.1, -0.05) is 31.2 Å². The number of carbonyl (C=O) groups excluding carboxylic acids is 1. The summed E-state index contributed by atoms with van der Waals surface area (Å²) in [5, 5.41) is 2.91. The number of nitrogens with zero attached hydrogens (tertiary/aromatic N) is 2. The van der Waals surface area contributed by atoms with Crippen LogP contribution in [0.2, 0.25) is 0 Å². The number of nitrogens with one attached hydrogen (secondary N) is 1. The number of aromatic amines is 1. The molecule has 33 heavy (non-hydrogen) atoms. The number of sulfone groups is 1. The third kappa shape index (κ3) is 4.12. The molecular weight excluding hydrogens is 454 g/mol. The average molecular weight is 478 g/mol. The van der Waals surface area contributed by atoms with Crippen molar-refractivity contribution in [3.8, 4) is 11.1 Å². The number of rotatable bonds is 5. The van der Waals surface area contributed by atoms with Crippen molar-refractivity contribution < 1.29 is 13.2 Å². The van der Waals surface area contributed by atoms with Gasteiger partial charge in [0.1, 0.15) is 5.65 Å². The summed E-state index contributed by atoms with van der Waals surface area (Å²) in [7, 11) is -3.28. The Morgan fingerprint density at radius 3 is 2.79 bits per heavy atom. The number of fused-ring (bicyclic) bond motifs is 1. The van der Waals surface area contributed by atoms with E-state index < -0.39 is 9.84 Å². The number of H-pyrrole nitrogens is 1. The summed E-state index contributed by atoms with van der Waals surface area (Å²) in [6.45, 7) is 2.89. The maximum Gasteiger partial charge on any atom is 0.264 e. The van der Waals surface area contributed by atoms with E-state index in [-0.39, 0.29) is 11.7 Å². The maximum absolute atomic E-state index is 12.6. The van der Waals surface area contributed by atoms with E-state index in [1.165, 1.54) is 16.9 Å². The minimum Gasteiger partial charge on any atom is -0.346 e. The number of thiophene rings is 1. The lowest BCUT2D eigenvalue weighted by Crippen LogP contribution is -2.34. The maximum atomic E-state index is 12.6. The molecule has 5 rings (SSSR count). The topological polar surface area (TPSA) is 83.1 Å². The molecule has 4 heterocycles. The van der Waals surface area contributed by atoms with Gasteiger partial charge in [-0.15, -0.1) is 11.3 Å². The minimum absolute atomic E-state index is 0.0653. The highest BCUT2D eigenvalue weighted by molar-refractivity contribution is 7.91. The first kappa shape index (κ1) is 21.6. The molecule has 0 unspecified atom stereocenters. The lowest BCUT2D eigenvalue weighted by molar-refractivity contribution is 0.0777. The number of amides is 1. The molecule has 0 fully saturated rings. The van der Waals surface area contributed by atoms with E-state index >= 15 is 0 Å². The highest BCUT2D eigenvalue weighted by Crippen LogP contribution is 2.32. The normalized spacial score (nSPS) is 14.5. The fourth-order valence-corrected chi connectivity index (χ4v) is 5.73. The van der Waals surface area contributed by atoms with Crippen LogP contribution < -0.4 is 0 Å². The summed E-state index contributed by atoms with van der Waals surface area (Å²) < 4.78 is 24.6. The lowest BCUT2D eigenvalue weighted by Gasteiger charge is -2.26. The Morgan fingerprint density at radius 1 is 1.18 bits per heavy atom. The molecule has 1 N–H and O–H groups in total. The number of aromatic nitrogens is 2. The Labute approximate surface area is 196 Å². The van der Waals surface area contributed by atoms with Gasteiger partial charge in [0.2, 0.25) is 0 Å². The number of benzene rings is 1. The monoisotopic (exact) mass is 477 g/mol. The van der Waals surface area contributed by atoms with E-state index in [0.717, 1.165) is 39.0 Å². The SMILES string of the molecule is CCS(=O)(=O)c1cccc(-c2cnc3[nH]cc(C4=CCN(C(=O)c5cccs5)CC4)c3c2)c1. The lowest BCUT2D eigenvalue weighted by atomic mass is 9.98. The highest BCUT2D eigenvalue weighted by Gasteiger charge is 2.21. The number of pyridine rings is 1. The summed E-state index contributed by atoms with van der Waals surface area (Å²) in [6, 6.07) is 12.8. The van der Waals surface area contributed by atoms with Gasteiger partial charge < -0.3 is 9.88 Å². The van der Waals surface area contributed by atoms with Crippen molar-refractivity contribution in [1.82, 2.24) is 14.9 Å². The minimum atomic E-state index is -3.28. The van der Waals surface area contributed by atoms with E-state index in [0.29, 0.717) is 18.0 Å². The standard InChI is InChI=1S/C25H23N3O3S2/c1-2-33(30,31)20-6-3-5-18(13-20)19-14-21-22(16-27-24(21)26-15-19)17-8-10-28(11-9-17)25(29)23-7-4-12-32-23/h3-8,12-16H,2,9-11H2,1H3,(H,26,27). The Kier molecular flexibility index (Phi) is 5.64. The zero-order chi connectivity index (χ0) is 23.0. The summed E-state index contributed by atoms with van der Waals surface area (Å²) in [5.41, 5.74) is 4.71. The third-order valence-electron chi connectivity index (χ3n) is 6.01. The van der Waals surface area contributed by atoms with E-state index in [1.54, 1.807) is 31.3 Å². The summed E-state index contributed by atoms with van der Waals surface area (Å²) in [6.07, 6.45) is 6.59. The van der Waals surface area contributed by atoms with Crippen LogP contribution in [0.1, 0.15) is 28.6 Å². The second kappa shape index (κ2) is 8.61. The molecule has 1 amide bonds. The van der Waals surface area contributed by atoms with Gasteiger partial charge >= 0.3 is 0 Å². The van der Waals surface area contributed by atoms with Crippen molar-refractivity contribution in [2.45, 2.75) is 18.2 Å². The van der Waals surface area contributed by atoms with Crippen LogP contribution >= 0.6 is 11.3 Å². The molecule has 4 aromatic rings. The van der Waals surface area contributed by atoms with Crippen molar-refractivity contribution >= 4 is 43.7 Å². The zero-order valence-electron chi connectivity index (χ0n) is 18.1. The van der Waals surface area contributed by atoms with Crippen LogP contribution in [0.15, 0.2) is 71.2 Å². The van der Waals surface area contributed by atoms with Crippen molar-refractivity contribution in [3.05, 3.63) is 76.8 Å². The molecule has 0 bridgehead atoms. The van der Waals surface area contributed by atoms with Gasteiger partial charge in [0.25, 0.3) is 5.91 Å². The Balaban J connectivity index is 1.45. The fourth-order valence-electron chi connectivity index (χ4n) is 4.12. The molecule has 0 radical (unpaired) electrons. The summed E-state index contributed by atoms with van der Waals surface area (Å²) in [5.74, 6) is 0.139. The molecule has 168 valence electrons. The average Bonchev–Trinajstić information content (AvgIpc) is 3.54. The van der Waals surface area contributed by atoms with Gasteiger partial charge in [0.05, 0.1) is 15.5 Å². The molecule has 1 aliphatic rings. The van der Waals surface area contributed by atoms with E-state index in [1.807, 2.05) is 34.7 Å². The second-order valence-corrected chi connectivity index (χ2v) is 11.2. The fraction of sp³-hybridized carbons (Fsp3) is 0.200. The molecule has 3 aromatic heterocycles. The van der Waals surface area contributed by atoms with Crippen LogP contribution in [-0.4, -0.2) is 48.0 Å². The molecule has 0 aliphatic carbocycles. The largest absolute Gasteiger partial charge is 0.346 e. The number of hydrogen-bond acceptors (Lipinski definition) is 5. The first-order valence-corrected chi connectivity index (χ1v) is 13.3. The van der Waals surface area contributed by atoms with Crippen LogP contribution in [0.4, 0.5) is 0 Å². The summed E-state index contributed by atoms with van der Waals surface area (Å²) in [4.78, 5) is 23.4. The molecule has 0 atom stereocenters. The van der Waals surface area contributed by atoms with E-state index in [9.17, 15) is 13.2 Å².